The zero-order valence-corrected chi connectivity index (χ0v) is 21.1. The molecule has 0 amide bonds. The largest absolute Gasteiger partial charge is 0.497 e. The van der Waals surface area contributed by atoms with Crippen molar-refractivity contribution in [1.82, 2.24) is 0 Å². The van der Waals surface area contributed by atoms with Gasteiger partial charge in [-0.3, -0.25) is 4.79 Å². The van der Waals surface area contributed by atoms with Gasteiger partial charge in [0.15, 0.2) is 18.4 Å². The van der Waals surface area contributed by atoms with Gasteiger partial charge < -0.3 is 33.2 Å². The summed E-state index contributed by atoms with van der Waals surface area (Å²) in [6.07, 6.45) is -0.660. The highest BCUT2D eigenvalue weighted by Gasteiger charge is 2.26. The van der Waals surface area contributed by atoms with E-state index in [-0.39, 0.29) is 5.78 Å². The van der Waals surface area contributed by atoms with Crippen LogP contribution in [0.3, 0.4) is 0 Å². The molecule has 2 rings (SSSR count). The molecule has 2 unspecified atom stereocenters. The highest BCUT2D eigenvalue weighted by atomic mass is 16.7. The number of carbonyl (C=O) groups excluding carboxylic acids is 1. The van der Waals surface area contributed by atoms with E-state index in [1.807, 2.05) is 24.3 Å². The van der Waals surface area contributed by atoms with E-state index in [1.165, 1.54) is 14.0 Å². The summed E-state index contributed by atoms with van der Waals surface area (Å²) >= 11 is 0. The van der Waals surface area contributed by atoms with Gasteiger partial charge in [0.05, 0.1) is 32.5 Å². The maximum atomic E-state index is 12.9. The van der Waals surface area contributed by atoms with E-state index in [9.17, 15) is 4.79 Å². The second-order valence-corrected chi connectivity index (χ2v) is 7.59. The third-order valence-corrected chi connectivity index (χ3v) is 5.25. The van der Waals surface area contributed by atoms with Crippen LogP contribution in [0.15, 0.2) is 30.3 Å². The molecule has 0 saturated heterocycles. The molecule has 0 heterocycles. The lowest BCUT2D eigenvalue weighted by atomic mass is 9.90. The lowest BCUT2D eigenvalue weighted by Crippen LogP contribution is -2.19. The minimum atomic E-state index is -0.570. The minimum Gasteiger partial charge on any atom is -0.497 e. The summed E-state index contributed by atoms with van der Waals surface area (Å²) in [7, 11) is 6.33. The lowest BCUT2D eigenvalue weighted by molar-refractivity contribution is -0.0425. The molecular weight excluding hydrogens is 440 g/mol. The van der Waals surface area contributed by atoms with Crippen molar-refractivity contribution in [1.29, 1.82) is 0 Å². The van der Waals surface area contributed by atoms with Crippen molar-refractivity contribution in [3.05, 3.63) is 41.5 Å². The van der Waals surface area contributed by atoms with Crippen molar-refractivity contribution >= 4 is 5.78 Å². The van der Waals surface area contributed by atoms with Crippen LogP contribution in [0.2, 0.25) is 0 Å². The molecule has 0 aliphatic carbocycles. The Morgan fingerprint density at radius 3 is 2.15 bits per heavy atom. The van der Waals surface area contributed by atoms with E-state index < -0.39 is 12.6 Å². The molecule has 0 saturated carbocycles. The van der Waals surface area contributed by atoms with Crippen LogP contribution in [0, 0.1) is 0 Å². The fourth-order valence-corrected chi connectivity index (χ4v) is 3.48. The highest BCUT2D eigenvalue weighted by Crippen LogP contribution is 2.43. The smallest absolute Gasteiger partial charge is 0.196 e. The Balaban J connectivity index is 2.75. The monoisotopic (exact) mass is 476 g/mol. The molecule has 8 nitrogen and oxygen atoms in total. The summed E-state index contributed by atoms with van der Waals surface area (Å²) in [4.78, 5) is 12.9. The Labute approximate surface area is 202 Å². The van der Waals surface area contributed by atoms with Crippen LogP contribution in [0.25, 0.3) is 11.1 Å². The van der Waals surface area contributed by atoms with Crippen LogP contribution < -0.4 is 14.2 Å². The van der Waals surface area contributed by atoms with Crippen LogP contribution in [-0.4, -0.2) is 66.6 Å². The number of hydrogen-bond donors (Lipinski definition) is 0. The maximum absolute atomic E-state index is 12.9. The fraction of sp³-hybridized carbons (Fsp3) is 0.500. The number of rotatable bonds is 15. The highest BCUT2D eigenvalue weighted by molar-refractivity contribution is 6.01. The minimum absolute atomic E-state index is 0.138. The zero-order valence-electron chi connectivity index (χ0n) is 21.1. The van der Waals surface area contributed by atoms with E-state index in [2.05, 4.69) is 0 Å². The van der Waals surface area contributed by atoms with Gasteiger partial charge in [0.2, 0.25) is 0 Å². The van der Waals surface area contributed by atoms with Gasteiger partial charge in [0.1, 0.15) is 17.2 Å². The van der Waals surface area contributed by atoms with Crippen LogP contribution in [-0.2, 0) is 25.4 Å². The molecule has 2 atom stereocenters. The van der Waals surface area contributed by atoms with E-state index in [0.717, 1.165) is 16.7 Å². The van der Waals surface area contributed by atoms with Gasteiger partial charge in [0, 0.05) is 33.0 Å². The predicted molar refractivity (Wildman–Crippen MR) is 129 cm³/mol. The number of ketones is 1. The molecule has 188 valence electrons. The number of benzene rings is 2. The Morgan fingerprint density at radius 2 is 1.56 bits per heavy atom. The normalized spacial score (nSPS) is 12.8. The molecule has 2 aromatic rings. The van der Waals surface area contributed by atoms with E-state index in [4.69, 9.17) is 33.2 Å². The first-order valence-corrected chi connectivity index (χ1v) is 11.2. The summed E-state index contributed by atoms with van der Waals surface area (Å²) in [6, 6.07) is 9.31. The lowest BCUT2D eigenvalue weighted by Gasteiger charge is -2.25. The number of Topliss-reactive ketones (excluding diaryl/α,β-unsaturated/α-hetero) is 1. The number of carbonyl (C=O) groups is 1. The van der Waals surface area contributed by atoms with E-state index in [0.29, 0.717) is 49.1 Å². The zero-order chi connectivity index (χ0) is 25.1. The van der Waals surface area contributed by atoms with Gasteiger partial charge in [-0.05, 0) is 50.5 Å². The average molecular weight is 477 g/mol. The molecule has 0 aliphatic rings. The summed E-state index contributed by atoms with van der Waals surface area (Å²) in [5.41, 5.74) is 2.78. The third kappa shape index (κ3) is 7.43. The van der Waals surface area contributed by atoms with Crippen molar-refractivity contribution in [3.8, 4) is 28.4 Å². The first-order valence-electron chi connectivity index (χ1n) is 11.2. The third-order valence-electron chi connectivity index (χ3n) is 5.25. The fourth-order valence-electron chi connectivity index (χ4n) is 3.48. The summed E-state index contributed by atoms with van der Waals surface area (Å²) < 4.78 is 39.0. The molecule has 34 heavy (non-hydrogen) atoms. The second kappa shape index (κ2) is 13.9. The van der Waals surface area contributed by atoms with Gasteiger partial charge in [-0.2, -0.15) is 0 Å². The van der Waals surface area contributed by atoms with Gasteiger partial charge in [-0.15, -0.1) is 0 Å². The molecule has 0 fully saturated rings. The number of hydrogen-bond acceptors (Lipinski definition) is 8. The molecule has 0 bridgehead atoms. The molecule has 0 N–H and O–H groups in total. The average Bonchev–Trinajstić information content (AvgIpc) is 2.83. The molecular formula is C26H36O8. The van der Waals surface area contributed by atoms with Gasteiger partial charge in [-0.1, -0.05) is 12.1 Å². The first-order chi connectivity index (χ1) is 16.4. The summed E-state index contributed by atoms with van der Waals surface area (Å²) in [5.74, 6) is 1.43. The van der Waals surface area contributed by atoms with E-state index >= 15 is 0 Å². The first kappa shape index (κ1) is 27.6. The summed E-state index contributed by atoms with van der Waals surface area (Å²) in [6.45, 7) is 6.37. The molecule has 0 radical (unpaired) electrons. The topological polar surface area (TPSA) is 81.7 Å². The molecule has 0 aliphatic heterocycles. The van der Waals surface area contributed by atoms with Crippen molar-refractivity contribution in [3.63, 3.8) is 0 Å². The Kier molecular flexibility index (Phi) is 11.3. The summed E-state index contributed by atoms with van der Waals surface area (Å²) in [5, 5.41) is 0. The van der Waals surface area contributed by atoms with Crippen LogP contribution in [0.4, 0.5) is 0 Å². The van der Waals surface area contributed by atoms with Crippen LogP contribution in [0.5, 0.6) is 17.2 Å². The van der Waals surface area contributed by atoms with Crippen molar-refractivity contribution in [2.24, 2.45) is 0 Å². The SMILES string of the molecule is COCCOCCc1c(C(C)=O)c(OC(C)OC)cc(OC(C)OC)c1-c1cccc(OC)c1. The van der Waals surface area contributed by atoms with Crippen molar-refractivity contribution in [2.75, 3.05) is 48.3 Å². The molecule has 2 aromatic carbocycles. The van der Waals surface area contributed by atoms with Crippen LogP contribution in [0.1, 0.15) is 36.7 Å². The molecule has 0 spiro atoms. The van der Waals surface area contributed by atoms with Gasteiger partial charge >= 0.3 is 0 Å². The Bertz CT molecular complexity index is 927. The number of ether oxygens (including phenoxy) is 7. The van der Waals surface area contributed by atoms with E-state index in [1.54, 1.807) is 41.2 Å². The number of methoxy groups -OCH3 is 4. The van der Waals surface area contributed by atoms with Gasteiger partial charge in [-0.25, -0.2) is 0 Å². The van der Waals surface area contributed by atoms with Crippen molar-refractivity contribution in [2.45, 2.75) is 39.8 Å². The molecule has 0 aromatic heterocycles. The maximum Gasteiger partial charge on any atom is 0.196 e. The Morgan fingerprint density at radius 1 is 0.882 bits per heavy atom. The van der Waals surface area contributed by atoms with Crippen LogP contribution >= 0.6 is 0 Å². The second-order valence-electron chi connectivity index (χ2n) is 7.59. The van der Waals surface area contributed by atoms with Gasteiger partial charge in [0.25, 0.3) is 0 Å². The Hall–Kier alpha value is -2.65. The predicted octanol–water partition coefficient (Wildman–Crippen LogP) is 4.51. The molecule has 8 heteroatoms. The quantitative estimate of drug-likeness (QED) is 0.211. The van der Waals surface area contributed by atoms with Crippen molar-refractivity contribution < 1.29 is 38.0 Å². The standard InChI is InChI=1S/C26H36O8/c1-17(27)25-22(11-12-32-14-13-28-4)26(20-9-8-10-21(15-20)31-7)24(34-19(3)30-6)16-23(25)33-18(2)29-5/h8-10,15-16,18-19H,11-14H2,1-7H3.